The van der Waals surface area contributed by atoms with Gasteiger partial charge in [0.2, 0.25) is 10.0 Å². The van der Waals surface area contributed by atoms with Crippen LogP contribution >= 0.6 is 0 Å². The van der Waals surface area contributed by atoms with Crippen LogP contribution in [0, 0.1) is 20.8 Å². The number of hydrogen-bond donors (Lipinski definition) is 2. The standard InChI is InChI=1S/C25H49NO4SSi2.C21H36N2O2Si.C12H18N2O2/c1-19-14-16-22(17-15-19)31(27,28)26-21(3)23(30-33(12,13)25(7,8)9)18-20(2)29-32(10,11)24(4,5)6;1-14(2)26(15(3)4,16(5)6)25-20-13-18(8)24-23(19(20)9)21-12-10-11-17(7)22-21;1-8-5-4-6-12(13-8)14-10(3)11(15)7-9(2)16-14/h14-17,20-21,23,26H,18H2,1-13H3;10-16,18-19H,1-9H3;4-6,9-11,15H,7H2,1-3H3/t20-,21-,23+;18-,19+;9-,10+,11+/m100/s1. The first-order chi connectivity index (χ1) is 34.3. The Balaban J connectivity index is 0.000000313. The van der Waals surface area contributed by atoms with E-state index in [0.29, 0.717) is 29.5 Å². The Morgan fingerprint density at radius 3 is 1.63 bits per heavy atom. The van der Waals surface area contributed by atoms with Crippen molar-refractivity contribution in [3.05, 3.63) is 89.5 Å². The summed E-state index contributed by atoms with van der Waals surface area (Å²) in [5.74, 6) is 2.64. The third-order valence-electron chi connectivity index (χ3n) is 15.8. The van der Waals surface area contributed by atoms with Crippen LogP contribution in [0.1, 0.15) is 154 Å². The Labute approximate surface area is 459 Å². The molecule has 4 heterocycles. The summed E-state index contributed by atoms with van der Waals surface area (Å²) >= 11 is 0. The SMILES string of the molecule is Cc1ccc(S(=O)(=O)N[C@H](C)[C@H](C[C@@H](C)O[Si](C)(C)C(C)(C)C)O[Si](C)(C)C(C)(C)C)cc1.Cc1cccc(N2O[C@@H](C)C=C(O[Si](C(C)C)(C(C)C)C(C)C)[C@H]2C)n1.Cc1cccc(N2O[C@@H](C)C[C@@H](O)[C@H]2C)n1. The molecule has 13 nitrogen and oxygen atoms in total. The van der Waals surface area contributed by atoms with Crippen LogP contribution in [0.25, 0.3) is 0 Å². The minimum absolute atomic E-state index is 0.00336. The summed E-state index contributed by atoms with van der Waals surface area (Å²) in [6, 6.07) is 18.3. The first-order valence-electron chi connectivity index (χ1n) is 27.6. The number of rotatable bonds is 17. The molecule has 2 aromatic heterocycles. The fraction of sp³-hybridized carbons (Fsp3) is 0.690. The molecule has 0 saturated carbocycles. The van der Waals surface area contributed by atoms with Gasteiger partial charge in [-0.1, -0.05) is 113 Å². The molecule has 2 N–H and O–H groups in total. The van der Waals surface area contributed by atoms with Gasteiger partial charge in [0.05, 0.1) is 29.2 Å². The van der Waals surface area contributed by atoms with E-state index in [1.165, 1.54) is 0 Å². The maximum atomic E-state index is 13.1. The van der Waals surface area contributed by atoms with Gasteiger partial charge in [-0.25, -0.2) is 33.2 Å². The number of hydrogen-bond acceptors (Lipinski definition) is 12. The van der Waals surface area contributed by atoms with E-state index in [4.69, 9.17) is 23.0 Å². The van der Waals surface area contributed by atoms with E-state index in [2.05, 4.69) is 151 Å². The van der Waals surface area contributed by atoms with Crippen molar-refractivity contribution in [3.8, 4) is 0 Å². The maximum absolute atomic E-state index is 13.1. The minimum Gasteiger partial charge on any atom is -0.544 e. The molecule has 2 aliphatic rings. The van der Waals surface area contributed by atoms with Crippen LogP contribution in [0.2, 0.25) is 52.9 Å². The Bertz CT molecular complexity index is 2370. The van der Waals surface area contributed by atoms with Gasteiger partial charge in [-0.05, 0) is 164 Å². The third kappa shape index (κ3) is 18.0. The molecule has 3 aromatic rings. The summed E-state index contributed by atoms with van der Waals surface area (Å²) in [5.41, 5.74) is 4.58. The van der Waals surface area contributed by atoms with Crippen molar-refractivity contribution in [2.45, 2.75) is 265 Å². The second kappa shape index (κ2) is 26.8. The number of nitrogens with zero attached hydrogens (tertiary/aromatic N) is 4. The Morgan fingerprint density at radius 2 is 1.17 bits per heavy atom. The monoisotopic (exact) mass is 1110 g/mol. The number of aryl methyl sites for hydroxylation is 3. The van der Waals surface area contributed by atoms with Crippen LogP contribution < -0.4 is 14.8 Å². The zero-order valence-electron chi connectivity index (χ0n) is 51.1. The lowest BCUT2D eigenvalue weighted by Crippen LogP contribution is -2.52. The molecular formula is C58H103N5O8SSi3. The number of aliphatic hydroxyl groups excluding tert-OH is 1. The molecule has 1 saturated heterocycles. The number of aromatic nitrogens is 2. The van der Waals surface area contributed by atoms with Crippen molar-refractivity contribution in [2.24, 2.45) is 0 Å². The highest BCUT2D eigenvalue weighted by molar-refractivity contribution is 7.89. The first-order valence-corrected chi connectivity index (χ1v) is 37.0. The predicted octanol–water partition coefficient (Wildman–Crippen LogP) is 14.5. The van der Waals surface area contributed by atoms with Gasteiger partial charge < -0.3 is 18.4 Å². The van der Waals surface area contributed by atoms with E-state index < -0.39 is 41.0 Å². The van der Waals surface area contributed by atoms with E-state index in [0.717, 1.165) is 34.3 Å². The molecule has 0 amide bonds. The normalized spacial score (nSPS) is 21.5. The number of pyridine rings is 2. The average Bonchev–Trinajstić information content (AvgIpc) is 3.26. The summed E-state index contributed by atoms with van der Waals surface area (Å²) in [6.45, 7) is 54.1. The summed E-state index contributed by atoms with van der Waals surface area (Å²) < 4.78 is 49.4. The Morgan fingerprint density at radius 1 is 0.707 bits per heavy atom. The first kappa shape index (κ1) is 66.3. The van der Waals surface area contributed by atoms with Crippen molar-refractivity contribution in [3.63, 3.8) is 0 Å². The lowest BCUT2D eigenvalue weighted by Gasteiger charge is -2.46. The van der Waals surface area contributed by atoms with Crippen LogP contribution in [0.4, 0.5) is 11.6 Å². The Kier molecular flexibility index (Phi) is 23.7. The molecular weight excluding hydrogens is 1010 g/mol. The lowest BCUT2D eigenvalue weighted by atomic mass is 10.0. The lowest BCUT2D eigenvalue weighted by molar-refractivity contribution is -0.0666. The zero-order valence-corrected chi connectivity index (χ0v) is 54.9. The highest BCUT2D eigenvalue weighted by atomic mass is 32.2. The number of hydroxylamine groups is 2. The van der Waals surface area contributed by atoms with Crippen molar-refractivity contribution in [2.75, 3.05) is 10.1 Å². The molecule has 0 radical (unpaired) electrons. The number of sulfonamides is 1. The molecule has 1 aromatic carbocycles. The van der Waals surface area contributed by atoms with Gasteiger partial charge >= 0.3 is 0 Å². The summed E-state index contributed by atoms with van der Waals surface area (Å²) in [5, 5.41) is 13.6. The molecule has 5 rings (SSSR count). The van der Waals surface area contributed by atoms with E-state index in [-0.39, 0.29) is 57.6 Å². The highest BCUT2D eigenvalue weighted by Crippen LogP contribution is 2.45. The van der Waals surface area contributed by atoms with Gasteiger partial charge in [0.25, 0.3) is 8.32 Å². The quantitative estimate of drug-likeness (QED) is 0.124. The van der Waals surface area contributed by atoms with Gasteiger partial charge in [-0.3, -0.25) is 9.68 Å². The molecule has 17 heteroatoms. The molecule has 0 aliphatic carbocycles. The summed E-state index contributed by atoms with van der Waals surface area (Å²) in [6.07, 6.45) is 2.74. The highest BCUT2D eigenvalue weighted by Gasteiger charge is 2.49. The largest absolute Gasteiger partial charge is 0.544 e. The molecule has 0 unspecified atom stereocenters. The van der Waals surface area contributed by atoms with Crippen molar-refractivity contribution < 1.29 is 36.5 Å². The van der Waals surface area contributed by atoms with Crippen molar-refractivity contribution >= 4 is 46.6 Å². The van der Waals surface area contributed by atoms with Gasteiger partial charge in [-0.15, -0.1) is 0 Å². The topological polar surface area (TPSA) is 145 Å². The summed E-state index contributed by atoms with van der Waals surface area (Å²) in [4.78, 5) is 21.1. The molecule has 8 atom stereocenters. The third-order valence-corrected chi connectivity index (χ3v) is 32.5. The molecule has 75 heavy (non-hydrogen) atoms. The van der Waals surface area contributed by atoms with Gasteiger partial charge in [0.1, 0.15) is 17.9 Å². The predicted molar refractivity (Wildman–Crippen MR) is 319 cm³/mol. The van der Waals surface area contributed by atoms with E-state index in [1.807, 2.05) is 95.1 Å². The molecule has 0 spiro atoms. The van der Waals surface area contributed by atoms with Crippen LogP contribution in [0.5, 0.6) is 0 Å². The van der Waals surface area contributed by atoms with E-state index in [9.17, 15) is 13.5 Å². The van der Waals surface area contributed by atoms with Gasteiger partial charge in [-0.2, -0.15) is 0 Å². The number of anilines is 2. The number of benzene rings is 1. The average molecular weight is 1110 g/mol. The Hall–Kier alpha value is -2.98. The van der Waals surface area contributed by atoms with Crippen LogP contribution in [-0.2, 0) is 33.0 Å². The number of aliphatic hydroxyl groups is 1. The fourth-order valence-corrected chi connectivity index (χ4v) is 18.9. The van der Waals surface area contributed by atoms with Crippen molar-refractivity contribution in [1.82, 2.24) is 14.7 Å². The maximum Gasteiger partial charge on any atom is 0.258 e. The molecule has 2 aliphatic heterocycles. The van der Waals surface area contributed by atoms with Crippen LogP contribution in [0.3, 0.4) is 0 Å². The van der Waals surface area contributed by atoms with Crippen LogP contribution in [-0.4, -0.2) is 97.1 Å². The van der Waals surface area contributed by atoms with Gasteiger partial charge in [0.15, 0.2) is 28.3 Å². The van der Waals surface area contributed by atoms with E-state index >= 15 is 0 Å². The number of nitrogens with one attached hydrogen (secondary N) is 1. The minimum atomic E-state index is -3.65. The summed E-state index contributed by atoms with van der Waals surface area (Å²) in [7, 11) is -9.74. The fourth-order valence-electron chi connectivity index (χ4n) is 9.38. The molecule has 0 bridgehead atoms. The smallest absolute Gasteiger partial charge is 0.258 e. The second-order valence-corrected chi connectivity index (χ2v) is 42.0. The second-order valence-electron chi connectivity index (χ2n) is 25.4. The van der Waals surface area contributed by atoms with E-state index in [1.54, 1.807) is 17.2 Å². The van der Waals surface area contributed by atoms with Crippen LogP contribution in [0.15, 0.2) is 77.4 Å². The molecule has 426 valence electrons. The zero-order chi connectivity index (χ0) is 57.4. The van der Waals surface area contributed by atoms with Gasteiger partial charge in [0, 0.05) is 30.0 Å². The van der Waals surface area contributed by atoms with Crippen molar-refractivity contribution in [1.29, 1.82) is 0 Å². The molecule has 1 fully saturated rings.